The lowest BCUT2D eigenvalue weighted by atomic mass is 10.0. The molecule has 1 aromatic carbocycles. The smallest absolute Gasteiger partial charge is 0.328 e. The topological polar surface area (TPSA) is 47.6 Å². The SMILES string of the molecule is COC(=O)C(C)(CF)NCc1ccc(OC)cc1. The lowest BCUT2D eigenvalue weighted by Crippen LogP contribution is -2.51. The number of rotatable bonds is 6. The highest BCUT2D eigenvalue weighted by Gasteiger charge is 2.33. The van der Waals surface area contributed by atoms with Crippen molar-refractivity contribution in [3.8, 4) is 5.75 Å². The lowest BCUT2D eigenvalue weighted by Gasteiger charge is -2.24. The van der Waals surface area contributed by atoms with Gasteiger partial charge in [-0.1, -0.05) is 12.1 Å². The van der Waals surface area contributed by atoms with Gasteiger partial charge in [0, 0.05) is 6.54 Å². The second kappa shape index (κ2) is 6.35. The summed E-state index contributed by atoms with van der Waals surface area (Å²) in [4.78, 5) is 11.4. The van der Waals surface area contributed by atoms with Crippen molar-refractivity contribution in [2.75, 3.05) is 20.9 Å². The van der Waals surface area contributed by atoms with E-state index >= 15 is 0 Å². The minimum Gasteiger partial charge on any atom is -0.497 e. The van der Waals surface area contributed by atoms with E-state index in [1.807, 2.05) is 24.3 Å². The van der Waals surface area contributed by atoms with Gasteiger partial charge in [-0.2, -0.15) is 0 Å². The third kappa shape index (κ3) is 3.43. The molecule has 1 atom stereocenters. The monoisotopic (exact) mass is 255 g/mol. The normalized spacial score (nSPS) is 13.8. The number of nitrogens with one attached hydrogen (secondary N) is 1. The molecule has 0 aliphatic heterocycles. The van der Waals surface area contributed by atoms with Crippen molar-refractivity contribution < 1.29 is 18.7 Å². The summed E-state index contributed by atoms with van der Waals surface area (Å²) in [6.07, 6.45) is 0. The Morgan fingerprint density at radius 1 is 1.33 bits per heavy atom. The van der Waals surface area contributed by atoms with E-state index in [-0.39, 0.29) is 0 Å². The van der Waals surface area contributed by atoms with Crippen molar-refractivity contribution in [3.05, 3.63) is 29.8 Å². The van der Waals surface area contributed by atoms with E-state index in [4.69, 9.17) is 4.74 Å². The molecule has 0 heterocycles. The molecule has 1 N–H and O–H groups in total. The fraction of sp³-hybridized carbons (Fsp3) is 0.462. The van der Waals surface area contributed by atoms with Gasteiger partial charge >= 0.3 is 5.97 Å². The summed E-state index contributed by atoms with van der Waals surface area (Å²) in [5.41, 5.74) is -0.381. The third-order valence-electron chi connectivity index (χ3n) is 2.74. The summed E-state index contributed by atoms with van der Waals surface area (Å²) in [6.45, 7) is 1.03. The van der Waals surface area contributed by atoms with Gasteiger partial charge in [-0.05, 0) is 24.6 Å². The number of carbonyl (C=O) groups is 1. The van der Waals surface area contributed by atoms with Crippen LogP contribution < -0.4 is 10.1 Å². The molecule has 0 amide bonds. The van der Waals surface area contributed by atoms with E-state index in [0.717, 1.165) is 11.3 Å². The first-order valence-electron chi connectivity index (χ1n) is 5.58. The molecule has 0 aliphatic carbocycles. The van der Waals surface area contributed by atoms with Crippen LogP contribution in [-0.4, -0.2) is 32.4 Å². The Kier molecular flexibility index (Phi) is 5.09. The molecule has 18 heavy (non-hydrogen) atoms. The van der Waals surface area contributed by atoms with Gasteiger partial charge in [0.05, 0.1) is 14.2 Å². The predicted molar refractivity (Wildman–Crippen MR) is 66.2 cm³/mol. The Morgan fingerprint density at radius 2 is 1.94 bits per heavy atom. The molecule has 0 saturated heterocycles. The van der Waals surface area contributed by atoms with Gasteiger partial charge in [0.25, 0.3) is 0 Å². The van der Waals surface area contributed by atoms with Crippen LogP contribution in [-0.2, 0) is 16.1 Å². The molecule has 5 heteroatoms. The van der Waals surface area contributed by atoms with Crippen molar-refractivity contribution in [1.82, 2.24) is 5.32 Å². The molecule has 1 aromatic rings. The van der Waals surface area contributed by atoms with E-state index in [0.29, 0.717) is 6.54 Å². The number of benzene rings is 1. The zero-order valence-electron chi connectivity index (χ0n) is 10.8. The maximum atomic E-state index is 12.9. The number of hydrogen-bond donors (Lipinski definition) is 1. The van der Waals surface area contributed by atoms with Crippen LogP contribution in [0.25, 0.3) is 0 Å². The minimum atomic E-state index is -1.31. The number of esters is 1. The molecule has 0 radical (unpaired) electrons. The van der Waals surface area contributed by atoms with Crippen LogP contribution in [0.2, 0.25) is 0 Å². The molecular weight excluding hydrogens is 237 g/mol. The molecule has 4 nitrogen and oxygen atoms in total. The first-order valence-corrected chi connectivity index (χ1v) is 5.58. The van der Waals surface area contributed by atoms with Gasteiger partial charge < -0.3 is 9.47 Å². The number of halogens is 1. The number of ether oxygens (including phenoxy) is 2. The van der Waals surface area contributed by atoms with Crippen LogP contribution in [0, 0.1) is 0 Å². The van der Waals surface area contributed by atoms with Crippen LogP contribution in [0.1, 0.15) is 12.5 Å². The van der Waals surface area contributed by atoms with Gasteiger partial charge in [-0.15, -0.1) is 0 Å². The van der Waals surface area contributed by atoms with Crippen molar-refractivity contribution in [1.29, 1.82) is 0 Å². The van der Waals surface area contributed by atoms with E-state index in [1.165, 1.54) is 14.0 Å². The van der Waals surface area contributed by atoms with Crippen molar-refractivity contribution >= 4 is 5.97 Å². The van der Waals surface area contributed by atoms with Crippen molar-refractivity contribution in [3.63, 3.8) is 0 Å². The molecule has 0 aliphatic rings. The highest BCUT2D eigenvalue weighted by atomic mass is 19.1. The fourth-order valence-electron chi connectivity index (χ4n) is 1.44. The van der Waals surface area contributed by atoms with Crippen molar-refractivity contribution in [2.24, 2.45) is 0 Å². The van der Waals surface area contributed by atoms with Crippen LogP contribution >= 0.6 is 0 Å². The van der Waals surface area contributed by atoms with Gasteiger partial charge in [0.15, 0.2) is 0 Å². The summed E-state index contributed by atoms with van der Waals surface area (Å²) in [5.74, 6) is 0.137. The Bertz CT molecular complexity index is 394. The van der Waals surface area contributed by atoms with Crippen LogP contribution in [0.3, 0.4) is 0 Å². The Morgan fingerprint density at radius 3 is 2.39 bits per heavy atom. The summed E-state index contributed by atoms with van der Waals surface area (Å²) >= 11 is 0. The fourth-order valence-corrected chi connectivity index (χ4v) is 1.44. The largest absolute Gasteiger partial charge is 0.497 e. The first kappa shape index (κ1) is 14.4. The molecule has 0 aromatic heterocycles. The standard InChI is InChI=1S/C13H18FNO3/c1-13(9-14,12(16)18-3)15-8-10-4-6-11(17-2)7-5-10/h4-7,15H,8-9H2,1-3H3. The third-order valence-corrected chi connectivity index (χ3v) is 2.74. The van der Waals surface area contributed by atoms with Gasteiger partial charge in [0.1, 0.15) is 18.0 Å². The molecule has 1 unspecified atom stereocenters. The first-order chi connectivity index (χ1) is 8.55. The van der Waals surface area contributed by atoms with E-state index < -0.39 is 18.2 Å². The molecule has 0 saturated carbocycles. The zero-order valence-corrected chi connectivity index (χ0v) is 10.8. The van der Waals surface area contributed by atoms with Crippen LogP contribution in [0.15, 0.2) is 24.3 Å². The highest BCUT2D eigenvalue weighted by molar-refractivity contribution is 5.80. The molecule has 0 fully saturated rings. The molecular formula is C13H18FNO3. The predicted octanol–water partition coefficient (Wildman–Crippen LogP) is 1.69. The van der Waals surface area contributed by atoms with E-state index in [9.17, 15) is 9.18 Å². The second-order valence-electron chi connectivity index (χ2n) is 4.16. The Balaban J connectivity index is 2.64. The van der Waals surface area contributed by atoms with Crippen LogP contribution in [0.4, 0.5) is 4.39 Å². The van der Waals surface area contributed by atoms with Gasteiger partial charge in [0.2, 0.25) is 0 Å². The molecule has 1 rings (SSSR count). The summed E-state index contributed by atoms with van der Waals surface area (Å²) in [5, 5.41) is 2.86. The zero-order chi connectivity index (χ0) is 13.6. The maximum absolute atomic E-state index is 12.9. The number of hydrogen-bond acceptors (Lipinski definition) is 4. The average Bonchev–Trinajstić information content (AvgIpc) is 2.44. The second-order valence-corrected chi connectivity index (χ2v) is 4.16. The van der Waals surface area contributed by atoms with E-state index in [1.54, 1.807) is 7.11 Å². The summed E-state index contributed by atoms with van der Waals surface area (Å²) < 4.78 is 22.5. The van der Waals surface area contributed by atoms with Crippen molar-refractivity contribution in [2.45, 2.75) is 19.0 Å². The number of carbonyl (C=O) groups excluding carboxylic acids is 1. The highest BCUT2D eigenvalue weighted by Crippen LogP contribution is 2.13. The average molecular weight is 255 g/mol. The number of methoxy groups -OCH3 is 2. The van der Waals surface area contributed by atoms with E-state index in [2.05, 4.69) is 10.1 Å². The molecule has 100 valence electrons. The Labute approximate surface area is 106 Å². The number of alkyl halides is 1. The summed E-state index contributed by atoms with van der Waals surface area (Å²) in [6, 6.07) is 7.31. The quantitative estimate of drug-likeness (QED) is 0.786. The summed E-state index contributed by atoms with van der Waals surface area (Å²) in [7, 11) is 2.83. The van der Waals surface area contributed by atoms with Crippen LogP contribution in [0.5, 0.6) is 5.75 Å². The maximum Gasteiger partial charge on any atom is 0.328 e. The lowest BCUT2D eigenvalue weighted by molar-refractivity contribution is -0.148. The molecule has 0 spiro atoms. The Hall–Kier alpha value is -1.62. The minimum absolute atomic E-state index is 0.375. The molecule has 0 bridgehead atoms. The van der Waals surface area contributed by atoms with Gasteiger partial charge in [-0.3, -0.25) is 5.32 Å². The van der Waals surface area contributed by atoms with Gasteiger partial charge in [-0.25, -0.2) is 9.18 Å².